The summed E-state index contributed by atoms with van der Waals surface area (Å²) >= 11 is 3.11. The van der Waals surface area contributed by atoms with Gasteiger partial charge in [0.15, 0.2) is 5.13 Å². The second kappa shape index (κ2) is 9.71. The largest absolute Gasteiger partial charge is 0.462 e. The van der Waals surface area contributed by atoms with Gasteiger partial charge >= 0.3 is 5.97 Å². The first-order valence-corrected chi connectivity index (χ1v) is 10.9. The number of carbonyl (C=O) groups is 2. The number of amides is 1. The summed E-state index contributed by atoms with van der Waals surface area (Å²) in [4.78, 5) is 29.6. The van der Waals surface area contributed by atoms with Crippen molar-refractivity contribution in [2.24, 2.45) is 0 Å². The van der Waals surface area contributed by atoms with Crippen LogP contribution in [0, 0.1) is 6.92 Å². The standard InChI is InChI=1S/C21H22N2O3S2/c1-3-26-20(25)15-8-11-17-18(13-15)28-21(22-17)23-19(24)5-4-12-27-16-9-6-14(2)7-10-16/h6-11,13H,3-5,12H2,1-2H3,(H,22,23,24). The Morgan fingerprint density at radius 1 is 1.18 bits per heavy atom. The fourth-order valence-electron chi connectivity index (χ4n) is 2.56. The first-order valence-electron chi connectivity index (χ1n) is 9.12. The van der Waals surface area contributed by atoms with E-state index in [4.69, 9.17) is 4.74 Å². The van der Waals surface area contributed by atoms with Crippen molar-refractivity contribution in [1.82, 2.24) is 4.98 Å². The molecule has 0 saturated carbocycles. The van der Waals surface area contributed by atoms with Gasteiger partial charge in [0.2, 0.25) is 5.91 Å². The lowest BCUT2D eigenvalue weighted by atomic mass is 10.2. The molecule has 1 heterocycles. The number of hydrogen-bond donors (Lipinski definition) is 1. The highest BCUT2D eigenvalue weighted by Crippen LogP contribution is 2.27. The van der Waals surface area contributed by atoms with Gasteiger partial charge in [-0.15, -0.1) is 11.8 Å². The molecular formula is C21H22N2O3S2. The average Bonchev–Trinajstić information content (AvgIpc) is 3.08. The zero-order valence-electron chi connectivity index (χ0n) is 15.9. The molecule has 0 spiro atoms. The molecule has 3 rings (SSSR count). The van der Waals surface area contributed by atoms with Gasteiger partial charge in [-0.3, -0.25) is 4.79 Å². The van der Waals surface area contributed by atoms with E-state index in [1.807, 2.05) is 0 Å². The van der Waals surface area contributed by atoms with E-state index in [0.717, 1.165) is 22.4 Å². The van der Waals surface area contributed by atoms with Crippen molar-refractivity contribution in [3.8, 4) is 0 Å². The fraction of sp³-hybridized carbons (Fsp3) is 0.286. The first kappa shape index (κ1) is 20.4. The number of nitrogens with zero attached hydrogens (tertiary/aromatic N) is 1. The zero-order valence-corrected chi connectivity index (χ0v) is 17.5. The van der Waals surface area contributed by atoms with E-state index in [9.17, 15) is 9.59 Å². The molecule has 1 aromatic heterocycles. The number of thioether (sulfide) groups is 1. The Bertz CT molecular complexity index is 967. The van der Waals surface area contributed by atoms with Crippen LogP contribution in [0.25, 0.3) is 10.2 Å². The topological polar surface area (TPSA) is 68.3 Å². The minimum Gasteiger partial charge on any atom is -0.462 e. The number of rotatable bonds is 8. The van der Waals surface area contributed by atoms with E-state index in [2.05, 4.69) is 41.5 Å². The van der Waals surface area contributed by atoms with Gasteiger partial charge in [0.05, 0.1) is 22.4 Å². The van der Waals surface area contributed by atoms with Gasteiger partial charge in [-0.2, -0.15) is 0 Å². The van der Waals surface area contributed by atoms with Crippen LogP contribution < -0.4 is 5.32 Å². The van der Waals surface area contributed by atoms with Crippen LogP contribution in [-0.4, -0.2) is 29.2 Å². The third-order valence-electron chi connectivity index (χ3n) is 3.98. The molecule has 2 aromatic carbocycles. The van der Waals surface area contributed by atoms with E-state index in [0.29, 0.717) is 23.7 Å². The molecule has 7 heteroatoms. The van der Waals surface area contributed by atoms with Crippen LogP contribution in [0.5, 0.6) is 0 Å². The smallest absolute Gasteiger partial charge is 0.338 e. The summed E-state index contributed by atoms with van der Waals surface area (Å²) < 4.78 is 5.86. The molecule has 3 aromatic rings. The zero-order chi connectivity index (χ0) is 19.9. The highest BCUT2D eigenvalue weighted by atomic mass is 32.2. The van der Waals surface area contributed by atoms with Gasteiger partial charge in [-0.05, 0) is 56.4 Å². The Balaban J connectivity index is 1.50. The number of fused-ring (bicyclic) bond motifs is 1. The molecule has 5 nitrogen and oxygen atoms in total. The summed E-state index contributed by atoms with van der Waals surface area (Å²) in [5, 5.41) is 3.40. The summed E-state index contributed by atoms with van der Waals surface area (Å²) in [6, 6.07) is 13.6. The molecule has 0 aliphatic heterocycles. The maximum atomic E-state index is 12.2. The number of ether oxygens (including phenoxy) is 1. The molecule has 0 radical (unpaired) electrons. The lowest BCUT2D eigenvalue weighted by Gasteiger charge is -2.03. The van der Waals surface area contributed by atoms with Gasteiger partial charge in [-0.25, -0.2) is 9.78 Å². The van der Waals surface area contributed by atoms with Crippen LogP contribution in [0.1, 0.15) is 35.7 Å². The first-order chi connectivity index (χ1) is 13.5. The molecular weight excluding hydrogens is 392 g/mol. The number of carbonyl (C=O) groups excluding carboxylic acids is 2. The summed E-state index contributed by atoms with van der Waals surface area (Å²) in [6.07, 6.45) is 1.24. The molecule has 1 amide bonds. The van der Waals surface area contributed by atoms with Gasteiger partial charge in [0, 0.05) is 11.3 Å². The van der Waals surface area contributed by atoms with Crippen LogP contribution in [0.3, 0.4) is 0 Å². The Labute approximate surface area is 172 Å². The number of hydrogen-bond acceptors (Lipinski definition) is 6. The summed E-state index contributed by atoms with van der Waals surface area (Å²) in [5.74, 6) is 0.489. The molecule has 0 bridgehead atoms. The highest BCUT2D eigenvalue weighted by molar-refractivity contribution is 7.99. The average molecular weight is 415 g/mol. The minimum atomic E-state index is -0.352. The number of aromatic nitrogens is 1. The number of anilines is 1. The Morgan fingerprint density at radius 3 is 2.71 bits per heavy atom. The van der Waals surface area contributed by atoms with Crippen molar-refractivity contribution in [1.29, 1.82) is 0 Å². The van der Waals surface area contributed by atoms with Gasteiger partial charge in [-0.1, -0.05) is 29.0 Å². The number of thiazole rings is 1. The minimum absolute atomic E-state index is 0.0471. The van der Waals surface area contributed by atoms with Crippen molar-refractivity contribution < 1.29 is 14.3 Å². The van der Waals surface area contributed by atoms with Crippen molar-refractivity contribution >= 4 is 50.3 Å². The number of aryl methyl sites for hydroxylation is 1. The molecule has 146 valence electrons. The van der Waals surface area contributed by atoms with Crippen LogP contribution in [0.2, 0.25) is 0 Å². The van der Waals surface area contributed by atoms with E-state index in [1.54, 1.807) is 36.9 Å². The highest BCUT2D eigenvalue weighted by Gasteiger charge is 2.12. The monoisotopic (exact) mass is 414 g/mol. The second-order valence-electron chi connectivity index (χ2n) is 6.24. The Morgan fingerprint density at radius 2 is 1.96 bits per heavy atom. The van der Waals surface area contributed by atoms with E-state index in [1.165, 1.54) is 21.8 Å². The molecule has 0 atom stereocenters. The third kappa shape index (κ3) is 5.56. The lowest BCUT2D eigenvalue weighted by Crippen LogP contribution is -2.11. The van der Waals surface area contributed by atoms with Crippen LogP contribution in [0.15, 0.2) is 47.4 Å². The maximum Gasteiger partial charge on any atom is 0.338 e. The molecule has 0 unspecified atom stereocenters. The predicted octanol–water partition coefficient (Wildman–Crippen LogP) is 5.29. The molecule has 0 aliphatic carbocycles. The third-order valence-corrected chi connectivity index (χ3v) is 6.02. The Hall–Kier alpha value is -2.38. The summed E-state index contributed by atoms with van der Waals surface area (Å²) in [5.41, 5.74) is 2.49. The number of benzene rings is 2. The second-order valence-corrected chi connectivity index (χ2v) is 8.43. The summed E-state index contributed by atoms with van der Waals surface area (Å²) in [6.45, 7) is 4.18. The van der Waals surface area contributed by atoms with Crippen LogP contribution in [-0.2, 0) is 9.53 Å². The number of esters is 1. The van der Waals surface area contributed by atoms with Crippen molar-refractivity contribution in [3.05, 3.63) is 53.6 Å². The molecule has 0 saturated heterocycles. The van der Waals surface area contributed by atoms with Crippen molar-refractivity contribution in [2.45, 2.75) is 31.6 Å². The molecule has 0 aliphatic rings. The van der Waals surface area contributed by atoms with E-state index >= 15 is 0 Å². The Kier molecular flexibility index (Phi) is 7.06. The SMILES string of the molecule is CCOC(=O)c1ccc2nc(NC(=O)CCCSc3ccc(C)cc3)sc2c1. The predicted molar refractivity (Wildman–Crippen MR) is 115 cm³/mol. The normalized spacial score (nSPS) is 10.8. The molecule has 0 fully saturated rings. The van der Waals surface area contributed by atoms with Gasteiger partial charge in [0.1, 0.15) is 0 Å². The number of nitrogens with one attached hydrogen (secondary N) is 1. The quantitative estimate of drug-likeness (QED) is 0.308. The van der Waals surface area contributed by atoms with Gasteiger partial charge in [0.25, 0.3) is 0 Å². The van der Waals surface area contributed by atoms with Crippen molar-refractivity contribution in [2.75, 3.05) is 17.7 Å². The van der Waals surface area contributed by atoms with Crippen LogP contribution >= 0.6 is 23.1 Å². The molecule has 1 N–H and O–H groups in total. The lowest BCUT2D eigenvalue weighted by molar-refractivity contribution is -0.116. The van der Waals surface area contributed by atoms with Crippen molar-refractivity contribution in [3.63, 3.8) is 0 Å². The van der Waals surface area contributed by atoms with Crippen LogP contribution in [0.4, 0.5) is 5.13 Å². The summed E-state index contributed by atoms with van der Waals surface area (Å²) in [7, 11) is 0. The van der Waals surface area contributed by atoms with E-state index in [-0.39, 0.29) is 11.9 Å². The molecule has 28 heavy (non-hydrogen) atoms. The van der Waals surface area contributed by atoms with E-state index < -0.39 is 0 Å². The fourth-order valence-corrected chi connectivity index (χ4v) is 4.33. The maximum absolute atomic E-state index is 12.2. The van der Waals surface area contributed by atoms with Gasteiger partial charge < -0.3 is 10.1 Å².